The monoisotopic (exact) mass is 258 g/mol. The van der Waals surface area contributed by atoms with Gasteiger partial charge in [-0.2, -0.15) is 0 Å². The Morgan fingerprint density at radius 1 is 1.11 bits per heavy atom. The van der Waals surface area contributed by atoms with Crippen LogP contribution in [0, 0.1) is 0 Å². The van der Waals surface area contributed by atoms with E-state index in [4.69, 9.17) is 15.2 Å². The number of nitrogens with two attached hydrogens (primary N) is 1. The number of carbonyl (C=O) groups is 1. The molecule has 1 heterocycles. The molecule has 0 bridgehead atoms. The first-order chi connectivity index (χ1) is 9.17. The van der Waals surface area contributed by atoms with E-state index in [1.54, 1.807) is 30.3 Å². The van der Waals surface area contributed by atoms with E-state index < -0.39 is 0 Å². The van der Waals surface area contributed by atoms with Crippen LogP contribution in [0.15, 0.2) is 36.5 Å². The van der Waals surface area contributed by atoms with E-state index >= 15 is 0 Å². The Bertz CT molecular complexity index is 572. The van der Waals surface area contributed by atoms with E-state index in [-0.39, 0.29) is 11.5 Å². The molecule has 0 radical (unpaired) electrons. The zero-order valence-corrected chi connectivity index (χ0v) is 10.7. The van der Waals surface area contributed by atoms with Gasteiger partial charge in [-0.15, -0.1) is 0 Å². The van der Waals surface area contributed by atoms with Crippen LogP contribution in [0.5, 0.6) is 11.5 Å². The van der Waals surface area contributed by atoms with Crippen molar-refractivity contribution in [1.29, 1.82) is 0 Å². The number of hydrogen-bond acceptors (Lipinski definition) is 5. The molecular formula is C14H14N2O3. The molecule has 0 saturated heterocycles. The van der Waals surface area contributed by atoms with Crippen molar-refractivity contribution in [3.8, 4) is 11.5 Å². The van der Waals surface area contributed by atoms with Crippen LogP contribution in [0.3, 0.4) is 0 Å². The zero-order valence-electron chi connectivity index (χ0n) is 10.7. The summed E-state index contributed by atoms with van der Waals surface area (Å²) < 4.78 is 10.4. The highest BCUT2D eigenvalue weighted by atomic mass is 16.5. The molecule has 0 amide bonds. The van der Waals surface area contributed by atoms with Gasteiger partial charge in [0.25, 0.3) is 0 Å². The van der Waals surface area contributed by atoms with Crippen LogP contribution < -0.4 is 15.2 Å². The lowest BCUT2D eigenvalue weighted by atomic mass is 10.1. The second-order valence-electron chi connectivity index (χ2n) is 3.84. The van der Waals surface area contributed by atoms with E-state index in [0.29, 0.717) is 22.7 Å². The molecule has 0 aliphatic heterocycles. The van der Waals surface area contributed by atoms with Crippen LogP contribution >= 0.6 is 0 Å². The van der Waals surface area contributed by atoms with Gasteiger partial charge in [0.2, 0.25) is 5.78 Å². The standard InChI is InChI=1S/C14H14N2O3/c1-18-11-4-3-5-12(19-2)13(11)14(17)10-7-6-9(15)8-16-10/h3-8H,15H2,1-2H3. The number of nitrogen functional groups attached to an aromatic ring is 1. The fourth-order valence-electron chi connectivity index (χ4n) is 1.74. The maximum Gasteiger partial charge on any atom is 0.218 e. The SMILES string of the molecule is COc1cccc(OC)c1C(=O)c1ccc(N)cn1. The molecule has 0 aliphatic rings. The smallest absolute Gasteiger partial charge is 0.218 e. The Kier molecular flexibility index (Phi) is 3.66. The second-order valence-corrected chi connectivity index (χ2v) is 3.84. The van der Waals surface area contributed by atoms with Crippen molar-refractivity contribution in [3.63, 3.8) is 0 Å². The van der Waals surface area contributed by atoms with E-state index in [2.05, 4.69) is 4.98 Å². The molecule has 5 nitrogen and oxygen atoms in total. The quantitative estimate of drug-likeness (QED) is 0.848. The summed E-state index contributed by atoms with van der Waals surface area (Å²) in [7, 11) is 3.00. The third-order valence-electron chi connectivity index (χ3n) is 2.67. The molecule has 0 unspecified atom stereocenters. The van der Waals surface area contributed by atoms with Crippen molar-refractivity contribution in [2.75, 3.05) is 20.0 Å². The number of ketones is 1. The number of benzene rings is 1. The molecule has 5 heteroatoms. The fraction of sp³-hybridized carbons (Fsp3) is 0.143. The number of anilines is 1. The van der Waals surface area contributed by atoms with Crippen LogP contribution in [0.2, 0.25) is 0 Å². The van der Waals surface area contributed by atoms with Crippen molar-refractivity contribution < 1.29 is 14.3 Å². The minimum Gasteiger partial charge on any atom is -0.496 e. The Morgan fingerprint density at radius 2 is 1.74 bits per heavy atom. The van der Waals surface area contributed by atoms with Crippen LogP contribution in [0.25, 0.3) is 0 Å². The third kappa shape index (κ3) is 2.49. The topological polar surface area (TPSA) is 74.4 Å². The molecule has 0 aliphatic carbocycles. The molecule has 98 valence electrons. The summed E-state index contributed by atoms with van der Waals surface area (Å²) in [5, 5.41) is 0. The number of carbonyl (C=O) groups excluding carboxylic acids is 1. The van der Waals surface area contributed by atoms with Gasteiger partial charge >= 0.3 is 0 Å². The van der Waals surface area contributed by atoms with Crippen LogP contribution in [0.4, 0.5) is 5.69 Å². The predicted molar refractivity (Wildman–Crippen MR) is 71.6 cm³/mol. The Labute approximate surface area is 111 Å². The third-order valence-corrected chi connectivity index (χ3v) is 2.67. The van der Waals surface area contributed by atoms with Crippen molar-refractivity contribution in [1.82, 2.24) is 4.98 Å². The summed E-state index contributed by atoms with van der Waals surface area (Å²) in [6, 6.07) is 8.36. The van der Waals surface area contributed by atoms with Gasteiger partial charge in [-0.1, -0.05) is 6.07 Å². The van der Waals surface area contributed by atoms with Crippen molar-refractivity contribution in [2.24, 2.45) is 0 Å². The van der Waals surface area contributed by atoms with Gasteiger partial charge < -0.3 is 15.2 Å². The maximum atomic E-state index is 12.5. The van der Waals surface area contributed by atoms with Crippen LogP contribution in [-0.4, -0.2) is 25.0 Å². The number of hydrogen-bond donors (Lipinski definition) is 1. The molecular weight excluding hydrogens is 244 g/mol. The summed E-state index contributed by atoms with van der Waals surface area (Å²) in [5.41, 5.74) is 6.70. The lowest BCUT2D eigenvalue weighted by Crippen LogP contribution is -2.08. The lowest BCUT2D eigenvalue weighted by Gasteiger charge is -2.11. The number of methoxy groups -OCH3 is 2. The van der Waals surface area contributed by atoms with E-state index in [0.717, 1.165) is 0 Å². The van der Waals surface area contributed by atoms with Crippen molar-refractivity contribution in [3.05, 3.63) is 47.8 Å². The molecule has 2 rings (SSSR count). The normalized spacial score (nSPS) is 10.0. The number of aromatic nitrogens is 1. The number of nitrogens with zero attached hydrogens (tertiary/aromatic N) is 1. The number of rotatable bonds is 4. The van der Waals surface area contributed by atoms with Gasteiger partial charge in [0.1, 0.15) is 22.8 Å². The molecule has 0 spiro atoms. The number of ether oxygens (including phenoxy) is 2. The first-order valence-corrected chi connectivity index (χ1v) is 5.64. The summed E-state index contributed by atoms with van der Waals surface area (Å²) in [6.07, 6.45) is 1.44. The molecule has 0 fully saturated rings. The highest BCUT2D eigenvalue weighted by molar-refractivity contribution is 6.11. The van der Waals surface area contributed by atoms with Gasteiger partial charge in [0.15, 0.2) is 0 Å². The largest absolute Gasteiger partial charge is 0.496 e. The predicted octanol–water partition coefficient (Wildman–Crippen LogP) is 1.91. The van der Waals surface area contributed by atoms with Crippen LogP contribution in [-0.2, 0) is 0 Å². The van der Waals surface area contributed by atoms with Gasteiger partial charge in [0.05, 0.1) is 26.1 Å². The van der Waals surface area contributed by atoms with Crippen molar-refractivity contribution in [2.45, 2.75) is 0 Å². The summed E-state index contributed by atoms with van der Waals surface area (Å²) in [6.45, 7) is 0. The molecule has 0 saturated carbocycles. The first kappa shape index (κ1) is 12.9. The van der Waals surface area contributed by atoms with Gasteiger partial charge in [-0.05, 0) is 24.3 Å². The molecule has 1 aromatic heterocycles. The Morgan fingerprint density at radius 3 is 2.21 bits per heavy atom. The average Bonchev–Trinajstić information content (AvgIpc) is 2.46. The highest BCUT2D eigenvalue weighted by Gasteiger charge is 2.20. The molecule has 19 heavy (non-hydrogen) atoms. The van der Waals surface area contributed by atoms with Gasteiger partial charge in [0, 0.05) is 0 Å². The first-order valence-electron chi connectivity index (χ1n) is 5.64. The van der Waals surface area contributed by atoms with Crippen molar-refractivity contribution >= 4 is 11.5 Å². The van der Waals surface area contributed by atoms with Crippen LogP contribution in [0.1, 0.15) is 16.1 Å². The Balaban J connectivity index is 2.51. The van der Waals surface area contributed by atoms with Gasteiger partial charge in [-0.25, -0.2) is 0 Å². The number of pyridine rings is 1. The highest BCUT2D eigenvalue weighted by Crippen LogP contribution is 2.30. The summed E-state index contributed by atoms with van der Waals surface area (Å²) in [5.74, 6) is 0.625. The summed E-state index contributed by atoms with van der Waals surface area (Å²) >= 11 is 0. The second kappa shape index (κ2) is 5.39. The van der Waals surface area contributed by atoms with E-state index in [1.165, 1.54) is 20.4 Å². The molecule has 1 aromatic carbocycles. The minimum atomic E-state index is -0.269. The zero-order chi connectivity index (χ0) is 13.8. The molecule has 2 aromatic rings. The molecule has 0 atom stereocenters. The van der Waals surface area contributed by atoms with E-state index in [9.17, 15) is 4.79 Å². The fourth-order valence-corrected chi connectivity index (χ4v) is 1.74. The maximum absolute atomic E-state index is 12.5. The lowest BCUT2D eigenvalue weighted by molar-refractivity contribution is 0.102. The Hall–Kier alpha value is -2.56. The molecule has 2 N–H and O–H groups in total. The average molecular weight is 258 g/mol. The summed E-state index contributed by atoms with van der Waals surface area (Å²) in [4.78, 5) is 16.5. The van der Waals surface area contributed by atoms with Gasteiger partial charge in [-0.3, -0.25) is 9.78 Å². The van der Waals surface area contributed by atoms with E-state index in [1.807, 2.05) is 0 Å². The minimum absolute atomic E-state index is 0.269.